The summed E-state index contributed by atoms with van der Waals surface area (Å²) in [4.78, 5) is 23.1. The highest BCUT2D eigenvalue weighted by atomic mass is 32.2. The van der Waals surface area contributed by atoms with Crippen molar-refractivity contribution >= 4 is 29.1 Å². The largest absolute Gasteiger partial charge is 0.460 e. The smallest absolute Gasteiger partial charge is 0.306 e. The summed E-state index contributed by atoms with van der Waals surface area (Å²) in [6.45, 7) is 5.93. The zero-order chi connectivity index (χ0) is 16.8. The van der Waals surface area contributed by atoms with Gasteiger partial charge >= 0.3 is 5.97 Å². The molecule has 122 valence electrons. The van der Waals surface area contributed by atoms with Crippen LogP contribution in [0.25, 0.3) is 0 Å². The summed E-state index contributed by atoms with van der Waals surface area (Å²) >= 11 is 1.52. The second-order valence-corrected chi connectivity index (χ2v) is 6.64. The second kappa shape index (κ2) is 8.03. The number of carbonyl (C=O) groups excluding carboxylic acids is 1. The minimum Gasteiger partial charge on any atom is -0.460 e. The molecule has 0 fully saturated rings. The molecule has 0 aromatic heterocycles. The van der Waals surface area contributed by atoms with Gasteiger partial charge in [0.2, 0.25) is 0 Å². The monoisotopic (exact) mass is 326 g/mol. The van der Waals surface area contributed by atoms with Crippen LogP contribution in [0.15, 0.2) is 23.1 Å². The van der Waals surface area contributed by atoms with Gasteiger partial charge in [-0.3, -0.25) is 14.9 Å². The lowest BCUT2D eigenvalue weighted by atomic mass is 10.2. The number of ether oxygens (including phenoxy) is 1. The minimum absolute atomic E-state index is 0.0371. The summed E-state index contributed by atoms with van der Waals surface area (Å²) in [5.41, 5.74) is 0.0202. The first-order valence-corrected chi connectivity index (χ1v) is 8.23. The van der Waals surface area contributed by atoms with E-state index in [9.17, 15) is 14.9 Å². The van der Waals surface area contributed by atoms with Crippen LogP contribution in [-0.2, 0) is 9.53 Å². The third-order valence-electron chi connectivity index (χ3n) is 2.69. The van der Waals surface area contributed by atoms with Gasteiger partial charge in [-0.15, -0.1) is 11.8 Å². The van der Waals surface area contributed by atoms with Crippen molar-refractivity contribution in [1.82, 2.24) is 0 Å². The molecule has 0 radical (unpaired) electrons. The molecule has 1 aromatic rings. The number of thioether (sulfide) groups is 1. The number of carbonyl (C=O) groups is 1. The molecule has 7 heteroatoms. The highest BCUT2D eigenvalue weighted by Crippen LogP contribution is 2.29. The molecular formula is C15H22N2O4S. The number of hydrogen-bond acceptors (Lipinski definition) is 6. The molecule has 0 heterocycles. The van der Waals surface area contributed by atoms with E-state index in [0.717, 1.165) is 4.90 Å². The lowest BCUT2D eigenvalue weighted by Gasteiger charge is -2.19. The summed E-state index contributed by atoms with van der Waals surface area (Å²) in [6.07, 6.45) is 2.74. The second-order valence-electron chi connectivity index (χ2n) is 5.76. The molecule has 0 amide bonds. The van der Waals surface area contributed by atoms with Crippen LogP contribution in [0.1, 0.15) is 33.6 Å². The van der Waals surface area contributed by atoms with Gasteiger partial charge in [0.25, 0.3) is 5.69 Å². The Morgan fingerprint density at radius 1 is 1.41 bits per heavy atom. The first kappa shape index (κ1) is 18.3. The summed E-state index contributed by atoms with van der Waals surface area (Å²) in [5, 5.41) is 14.0. The lowest BCUT2D eigenvalue weighted by molar-refractivity contribution is -0.384. The molecule has 1 N–H and O–H groups in total. The Kier molecular flexibility index (Phi) is 6.67. The summed E-state index contributed by atoms with van der Waals surface area (Å²) < 4.78 is 5.21. The highest BCUT2D eigenvalue weighted by Gasteiger charge is 2.16. The van der Waals surface area contributed by atoms with Gasteiger partial charge in [-0.25, -0.2) is 0 Å². The van der Waals surface area contributed by atoms with E-state index in [-0.39, 0.29) is 18.1 Å². The van der Waals surface area contributed by atoms with Crippen molar-refractivity contribution in [2.75, 3.05) is 18.1 Å². The SMILES string of the molecule is CSc1ccc([N+](=O)[O-])c(NCCCC(=O)OC(C)(C)C)c1. The molecule has 6 nitrogen and oxygen atoms in total. The Bertz CT molecular complexity index is 541. The average Bonchev–Trinajstić information content (AvgIpc) is 2.41. The molecule has 0 bridgehead atoms. The first-order chi connectivity index (χ1) is 10.2. The maximum atomic E-state index is 11.6. The van der Waals surface area contributed by atoms with Crippen LogP contribution in [-0.4, -0.2) is 29.3 Å². The van der Waals surface area contributed by atoms with Crippen molar-refractivity contribution in [3.8, 4) is 0 Å². The van der Waals surface area contributed by atoms with Crippen molar-refractivity contribution in [1.29, 1.82) is 0 Å². The maximum Gasteiger partial charge on any atom is 0.306 e. The van der Waals surface area contributed by atoms with Crippen molar-refractivity contribution in [2.24, 2.45) is 0 Å². The van der Waals surface area contributed by atoms with Gasteiger partial charge in [0.15, 0.2) is 0 Å². The van der Waals surface area contributed by atoms with E-state index < -0.39 is 10.5 Å². The topological polar surface area (TPSA) is 81.5 Å². The molecule has 0 aliphatic carbocycles. The third kappa shape index (κ3) is 6.34. The van der Waals surface area contributed by atoms with Crippen LogP contribution in [0.3, 0.4) is 0 Å². The number of nitro benzene ring substituents is 1. The van der Waals surface area contributed by atoms with Crippen molar-refractivity contribution in [3.63, 3.8) is 0 Å². The standard InChI is InChI=1S/C15H22N2O4S/c1-15(2,3)21-14(18)6-5-9-16-12-10-11(22-4)7-8-13(12)17(19)20/h7-8,10,16H,5-6,9H2,1-4H3. The molecule has 1 rings (SSSR count). The number of anilines is 1. The Morgan fingerprint density at radius 2 is 2.09 bits per heavy atom. The van der Waals surface area contributed by atoms with E-state index in [1.807, 2.05) is 27.0 Å². The van der Waals surface area contributed by atoms with Crippen molar-refractivity contribution in [3.05, 3.63) is 28.3 Å². The summed E-state index contributed by atoms with van der Waals surface area (Å²) in [7, 11) is 0. The first-order valence-electron chi connectivity index (χ1n) is 7.01. The fourth-order valence-electron chi connectivity index (χ4n) is 1.79. The van der Waals surface area contributed by atoms with E-state index in [1.54, 1.807) is 12.1 Å². The molecular weight excluding hydrogens is 304 g/mol. The van der Waals surface area contributed by atoms with Crippen molar-refractivity contribution in [2.45, 2.75) is 44.1 Å². The number of nitrogens with one attached hydrogen (secondary N) is 1. The fraction of sp³-hybridized carbons (Fsp3) is 0.533. The number of nitro groups is 1. The Balaban J connectivity index is 2.54. The third-order valence-corrected chi connectivity index (χ3v) is 3.42. The molecule has 0 atom stereocenters. The van der Waals surface area contributed by atoms with Gasteiger partial charge in [-0.1, -0.05) is 0 Å². The zero-order valence-corrected chi connectivity index (χ0v) is 14.2. The quantitative estimate of drug-likeness (QED) is 0.269. The number of nitrogens with zero attached hydrogens (tertiary/aromatic N) is 1. The Labute approximate surface area is 134 Å². The molecule has 0 saturated heterocycles. The van der Waals surface area contributed by atoms with Crippen molar-refractivity contribution < 1.29 is 14.5 Å². The van der Waals surface area contributed by atoms with Crippen LogP contribution in [0.5, 0.6) is 0 Å². The Hall–Kier alpha value is -1.76. The number of benzene rings is 1. The van der Waals surface area contributed by atoms with Crippen LogP contribution in [0.4, 0.5) is 11.4 Å². The summed E-state index contributed by atoms with van der Waals surface area (Å²) in [5.74, 6) is -0.262. The molecule has 1 aromatic carbocycles. The molecule has 0 spiro atoms. The normalized spacial score (nSPS) is 11.1. The van der Waals surface area contributed by atoms with Gasteiger partial charge in [-0.2, -0.15) is 0 Å². The van der Waals surface area contributed by atoms with Gasteiger partial charge in [0.05, 0.1) is 4.92 Å². The molecule has 22 heavy (non-hydrogen) atoms. The molecule has 0 aliphatic rings. The predicted octanol–water partition coefficient (Wildman–Crippen LogP) is 3.85. The molecule has 0 saturated carbocycles. The summed E-state index contributed by atoms with van der Waals surface area (Å²) in [6, 6.07) is 4.95. The van der Waals surface area contributed by atoms with Gasteiger partial charge < -0.3 is 10.1 Å². The van der Waals surface area contributed by atoms with Crippen LogP contribution in [0, 0.1) is 10.1 Å². The molecule has 0 unspecified atom stereocenters. The minimum atomic E-state index is -0.490. The fourth-order valence-corrected chi connectivity index (χ4v) is 2.23. The maximum absolute atomic E-state index is 11.6. The van der Waals surface area contributed by atoms with Gasteiger partial charge in [0.1, 0.15) is 11.3 Å². The van der Waals surface area contributed by atoms with Gasteiger partial charge in [0, 0.05) is 23.9 Å². The molecule has 0 aliphatic heterocycles. The van der Waals surface area contributed by atoms with E-state index in [2.05, 4.69) is 5.32 Å². The van der Waals surface area contributed by atoms with Crippen LogP contribution in [0.2, 0.25) is 0 Å². The number of hydrogen-bond donors (Lipinski definition) is 1. The average molecular weight is 326 g/mol. The van der Waals surface area contributed by atoms with Crippen LogP contribution >= 0.6 is 11.8 Å². The van der Waals surface area contributed by atoms with Crippen LogP contribution < -0.4 is 5.32 Å². The van der Waals surface area contributed by atoms with E-state index in [4.69, 9.17) is 4.74 Å². The van der Waals surface area contributed by atoms with E-state index >= 15 is 0 Å². The van der Waals surface area contributed by atoms with E-state index in [1.165, 1.54) is 17.8 Å². The van der Waals surface area contributed by atoms with E-state index in [0.29, 0.717) is 18.7 Å². The number of rotatable bonds is 7. The predicted molar refractivity (Wildman–Crippen MR) is 88.4 cm³/mol. The van der Waals surface area contributed by atoms with Gasteiger partial charge in [-0.05, 0) is 45.6 Å². The highest BCUT2D eigenvalue weighted by molar-refractivity contribution is 7.98. The Morgan fingerprint density at radius 3 is 2.64 bits per heavy atom. The number of esters is 1. The lowest BCUT2D eigenvalue weighted by Crippen LogP contribution is -2.24. The zero-order valence-electron chi connectivity index (χ0n) is 13.3.